The number of amides is 1. The minimum Gasteiger partial charge on any atom is -0.497 e. The van der Waals surface area contributed by atoms with Crippen LogP contribution in [-0.2, 0) is 4.79 Å². The molecule has 1 aromatic rings. The predicted octanol–water partition coefficient (Wildman–Crippen LogP) is 1.56. The summed E-state index contributed by atoms with van der Waals surface area (Å²) in [5, 5.41) is 9.63. The fourth-order valence-corrected chi connectivity index (χ4v) is 3.41. The number of aliphatic imine (C=N–C) groups is 1. The average Bonchev–Trinajstić information content (AvgIpc) is 2.74. The largest absolute Gasteiger partial charge is 0.497 e. The molecule has 3 N–H and O–H groups in total. The summed E-state index contributed by atoms with van der Waals surface area (Å²) in [7, 11) is 5.18. The average molecular weight is 390 g/mol. The molecule has 0 spiro atoms. The lowest BCUT2D eigenvalue weighted by molar-refractivity contribution is -0.122. The van der Waals surface area contributed by atoms with Gasteiger partial charge in [-0.15, -0.1) is 0 Å². The van der Waals surface area contributed by atoms with Crippen LogP contribution in [0.25, 0.3) is 0 Å². The van der Waals surface area contributed by atoms with E-state index in [1.165, 1.54) is 5.56 Å². The van der Waals surface area contributed by atoms with Crippen LogP contribution in [0, 0.1) is 0 Å². The second kappa shape index (κ2) is 11.5. The Bertz CT molecular complexity index is 624. The maximum atomic E-state index is 11.5. The fourth-order valence-electron chi connectivity index (χ4n) is 3.41. The Kier molecular flexibility index (Phi) is 9.07. The second-order valence-electron chi connectivity index (χ2n) is 7.33. The van der Waals surface area contributed by atoms with E-state index in [9.17, 15) is 4.79 Å². The van der Waals surface area contributed by atoms with Crippen molar-refractivity contribution in [1.82, 2.24) is 20.9 Å². The van der Waals surface area contributed by atoms with Crippen molar-refractivity contribution in [2.45, 2.75) is 38.1 Å². The Balaban J connectivity index is 1.69. The molecule has 1 aliphatic rings. The first-order valence-corrected chi connectivity index (χ1v) is 10.1. The van der Waals surface area contributed by atoms with Gasteiger partial charge in [0, 0.05) is 39.8 Å². The highest BCUT2D eigenvalue weighted by Gasteiger charge is 2.21. The van der Waals surface area contributed by atoms with E-state index in [2.05, 4.69) is 44.9 Å². The number of carbonyl (C=O) groups is 1. The quantitative estimate of drug-likeness (QED) is 0.465. The number of likely N-dealkylation sites (N-methyl/N-ethyl adjacent to an activating group) is 1. The van der Waals surface area contributed by atoms with Gasteiger partial charge in [-0.3, -0.25) is 14.7 Å². The third-order valence-corrected chi connectivity index (χ3v) is 5.35. The molecule has 0 aromatic heterocycles. The number of carbonyl (C=O) groups excluding carboxylic acids is 1. The highest BCUT2D eigenvalue weighted by molar-refractivity contribution is 5.80. The maximum absolute atomic E-state index is 11.5. The maximum Gasteiger partial charge on any atom is 0.233 e. The van der Waals surface area contributed by atoms with Crippen molar-refractivity contribution in [3.8, 4) is 5.75 Å². The van der Waals surface area contributed by atoms with Crippen molar-refractivity contribution < 1.29 is 9.53 Å². The number of likely N-dealkylation sites (tertiary alicyclic amines) is 1. The van der Waals surface area contributed by atoms with Crippen molar-refractivity contribution in [1.29, 1.82) is 0 Å². The van der Waals surface area contributed by atoms with Gasteiger partial charge in [0.05, 0.1) is 13.7 Å². The third kappa shape index (κ3) is 7.03. The summed E-state index contributed by atoms with van der Waals surface area (Å²) in [6.07, 6.45) is 3.05. The number of rotatable bonds is 8. The Morgan fingerprint density at radius 1 is 1.29 bits per heavy atom. The van der Waals surface area contributed by atoms with Crippen molar-refractivity contribution in [3.63, 3.8) is 0 Å². The first-order chi connectivity index (χ1) is 13.5. The molecule has 1 atom stereocenters. The Morgan fingerprint density at radius 3 is 2.54 bits per heavy atom. The lowest BCUT2D eigenvalue weighted by Gasteiger charge is -2.32. The van der Waals surface area contributed by atoms with Crippen LogP contribution < -0.4 is 20.7 Å². The monoisotopic (exact) mass is 389 g/mol. The summed E-state index contributed by atoms with van der Waals surface area (Å²) in [4.78, 5) is 18.0. The van der Waals surface area contributed by atoms with Crippen molar-refractivity contribution in [3.05, 3.63) is 29.8 Å². The third-order valence-electron chi connectivity index (χ3n) is 5.35. The summed E-state index contributed by atoms with van der Waals surface area (Å²) in [5.74, 6) is 2.28. The first-order valence-electron chi connectivity index (χ1n) is 10.1. The zero-order valence-electron chi connectivity index (χ0n) is 17.6. The molecule has 1 aliphatic heterocycles. The molecule has 0 radical (unpaired) electrons. The molecule has 1 saturated heterocycles. The summed E-state index contributed by atoms with van der Waals surface area (Å²) < 4.78 is 5.22. The van der Waals surface area contributed by atoms with E-state index in [-0.39, 0.29) is 5.91 Å². The molecule has 7 heteroatoms. The minimum atomic E-state index is 0.0786. The van der Waals surface area contributed by atoms with E-state index in [4.69, 9.17) is 4.74 Å². The lowest BCUT2D eigenvalue weighted by atomic mass is 9.98. The smallest absolute Gasteiger partial charge is 0.233 e. The summed E-state index contributed by atoms with van der Waals surface area (Å²) in [5.41, 5.74) is 1.31. The lowest BCUT2D eigenvalue weighted by Crippen LogP contribution is -2.50. The normalized spacial score (nSPS) is 17.1. The van der Waals surface area contributed by atoms with Gasteiger partial charge in [-0.05, 0) is 42.9 Å². The van der Waals surface area contributed by atoms with Gasteiger partial charge in [0.2, 0.25) is 5.91 Å². The second-order valence-corrected chi connectivity index (χ2v) is 7.33. The summed E-state index contributed by atoms with van der Waals surface area (Å²) in [6, 6.07) is 8.67. The van der Waals surface area contributed by atoms with Gasteiger partial charge in [0.25, 0.3) is 0 Å². The van der Waals surface area contributed by atoms with E-state index in [1.807, 2.05) is 19.2 Å². The van der Waals surface area contributed by atoms with E-state index in [1.54, 1.807) is 14.2 Å². The van der Waals surface area contributed by atoms with Crippen LogP contribution in [0.2, 0.25) is 0 Å². The van der Waals surface area contributed by atoms with Gasteiger partial charge in [-0.2, -0.15) is 0 Å². The van der Waals surface area contributed by atoms with Crippen LogP contribution in [0.15, 0.2) is 29.3 Å². The molecule has 0 bridgehead atoms. The molecule has 1 aromatic carbocycles. The molecule has 1 amide bonds. The number of ether oxygens (including phenoxy) is 1. The summed E-state index contributed by atoms with van der Waals surface area (Å²) in [6.45, 7) is 5.44. The highest BCUT2D eigenvalue weighted by Crippen LogP contribution is 2.21. The molecule has 1 unspecified atom stereocenters. The number of guanidine groups is 1. The predicted molar refractivity (Wildman–Crippen MR) is 114 cm³/mol. The number of benzene rings is 1. The SMILES string of the molecule is CN=C(NCCC(C)c1ccc(OC)cc1)NC1CCN(CC(=O)NC)CC1. The van der Waals surface area contributed by atoms with Gasteiger partial charge in [0.15, 0.2) is 5.96 Å². The van der Waals surface area contributed by atoms with Gasteiger partial charge < -0.3 is 20.7 Å². The first kappa shape index (κ1) is 22.0. The zero-order valence-corrected chi connectivity index (χ0v) is 17.6. The fraction of sp³-hybridized carbons (Fsp3) is 0.619. The molecule has 1 fully saturated rings. The number of nitrogens with zero attached hydrogens (tertiary/aromatic N) is 2. The number of hydrogen-bond donors (Lipinski definition) is 3. The minimum absolute atomic E-state index is 0.0786. The molecular formula is C21H35N5O2. The Labute approximate surface area is 168 Å². The van der Waals surface area contributed by atoms with Crippen molar-refractivity contribution in [2.24, 2.45) is 4.99 Å². The highest BCUT2D eigenvalue weighted by atomic mass is 16.5. The zero-order chi connectivity index (χ0) is 20.4. The molecular weight excluding hydrogens is 354 g/mol. The molecule has 156 valence electrons. The molecule has 1 heterocycles. The van der Waals surface area contributed by atoms with Crippen molar-refractivity contribution in [2.75, 3.05) is 47.4 Å². The molecule has 0 aliphatic carbocycles. The number of hydrogen-bond acceptors (Lipinski definition) is 4. The number of piperidine rings is 1. The van der Waals surface area contributed by atoms with Gasteiger partial charge >= 0.3 is 0 Å². The van der Waals surface area contributed by atoms with Crippen LogP contribution in [0.4, 0.5) is 0 Å². The van der Waals surface area contributed by atoms with E-state index < -0.39 is 0 Å². The number of methoxy groups -OCH3 is 1. The van der Waals surface area contributed by atoms with Gasteiger partial charge in [-0.1, -0.05) is 19.1 Å². The van der Waals surface area contributed by atoms with E-state index in [0.717, 1.165) is 50.6 Å². The van der Waals surface area contributed by atoms with Crippen molar-refractivity contribution >= 4 is 11.9 Å². The van der Waals surface area contributed by atoms with Gasteiger partial charge in [0.1, 0.15) is 5.75 Å². The Hall–Kier alpha value is -2.28. The van der Waals surface area contributed by atoms with Crippen LogP contribution in [-0.4, -0.2) is 70.2 Å². The van der Waals surface area contributed by atoms with Gasteiger partial charge in [-0.25, -0.2) is 0 Å². The molecule has 7 nitrogen and oxygen atoms in total. The molecule has 28 heavy (non-hydrogen) atoms. The van der Waals surface area contributed by atoms with E-state index >= 15 is 0 Å². The summed E-state index contributed by atoms with van der Waals surface area (Å²) >= 11 is 0. The van der Waals surface area contributed by atoms with Crippen LogP contribution in [0.3, 0.4) is 0 Å². The van der Waals surface area contributed by atoms with E-state index in [0.29, 0.717) is 18.5 Å². The Morgan fingerprint density at radius 2 is 1.96 bits per heavy atom. The topological polar surface area (TPSA) is 78.0 Å². The molecule has 0 saturated carbocycles. The number of nitrogens with one attached hydrogen (secondary N) is 3. The van der Waals surface area contributed by atoms with Crippen LogP contribution in [0.1, 0.15) is 37.7 Å². The van der Waals surface area contributed by atoms with Crippen LogP contribution in [0.5, 0.6) is 5.75 Å². The molecule has 2 rings (SSSR count). The standard InChI is InChI=1S/C21H35N5O2/c1-16(17-5-7-19(28-4)8-6-17)9-12-24-21(23-3)25-18-10-13-26(14-11-18)15-20(27)22-2/h5-8,16,18H,9-15H2,1-4H3,(H,22,27)(H2,23,24,25). The van der Waals surface area contributed by atoms with Crippen LogP contribution >= 0.6 is 0 Å².